The van der Waals surface area contributed by atoms with Crippen LogP contribution in [0.5, 0.6) is 0 Å². The van der Waals surface area contributed by atoms with Crippen molar-refractivity contribution >= 4 is 17.3 Å². The molecule has 1 fully saturated rings. The number of carboxylic acid groups (broad SMARTS) is 1. The van der Waals surface area contributed by atoms with Crippen LogP contribution in [0, 0.1) is 6.92 Å². The zero-order valence-corrected chi connectivity index (χ0v) is 16.7. The Morgan fingerprint density at radius 3 is 2.66 bits per heavy atom. The average Bonchev–Trinajstić information content (AvgIpc) is 3.12. The summed E-state index contributed by atoms with van der Waals surface area (Å²) in [6.07, 6.45) is -5.08. The molecule has 0 bridgehead atoms. The van der Waals surface area contributed by atoms with Crippen molar-refractivity contribution in [1.82, 2.24) is 9.88 Å². The van der Waals surface area contributed by atoms with Crippen LogP contribution in [-0.4, -0.2) is 60.0 Å². The molecule has 0 saturated carbocycles. The van der Waals surface area contributed by atoms with Crippen molar-refractivity contribution in [3.05, 3.63) is 52.0 Å². The van der Waals surface area contributed by atoms with E-state index in [0.29, 0.717) is 6.61 Å². The number of hydrogen-bond donors (Lipinski definition) is 1. The Morgan fingerprint density at radius 2 is 2.07 bits per heavy atom. The first kappa shape index (κ1) is 23.3. The minimum atomic E-state index is -5.08. The number of halogens is 3. The van der Waals surface area contributed by atoms with Gasteiger partial charge in [-0.1, -0.05) is 30.3 Å². The molecule has 0 aliphatic carbocycles. The van der Waals surface area contributed by atoms with Gasteiger partial charge in [-0.05, 0) is 12.5 Å². The lowest BCUT2D eigenvalue weighted by Gasteiger charge is -2.34. The monoisotopic (exact) mass is 432 g/mol. The van der Waals surface area contributed by atoms with Crippen molar-refractivity contribution in [1.29, 1.82) is 0 Å². The molecular weight excluding hydrogens is 409 g/mol. The van der Waals surface area contributed by atoms with Crippen LogP contribution in [0.15, 0.2) is 35.7 Å². The number of alkyl halides is 3. The maximum atomic E-state index is 10.6. The van der Waals surface area contributed by atoms with Crippen LogP contribution < -0.4 is 0 Å². The number of hydrogen-bond acceptors (Lipinski definition) is 6. The van der Waals surface area contributed by atoms with Crippen molar-refractivity contribution in [2.45, 2.75) is 25.7 Å². The molecule has 0 radical (unpaired) electrons. The summed E-state index contributed by atoms with van der Waals surface area (Å²) in [4.78, 5) is 15.9. The Morgan fingerprint density at radius 1 is 1.38 bits per heavy atom. The minimum absolute atomic E-state index is 0.263. The lowest BCUT2D eigenvalue weighted by molar-refractivity contribution is -0.192. The van der Waals surface area contributed by atoms with Gasteiger partial charge in [-0.3, -0.25) is 4.90 Å². The molecule has 1 unspecified atom stereocenters. The molecule has 29 heavy (non-hydrogen) atoms. The number of nitrogens with zero attached hydrogens (tertiary/aromatic N) is 2. The van der Waals surface area contributed by atoms with Crippen molar-refractivity contribution in [3.63, 3.8) is 0 Å². The predicted molar refractivity (Wildman–Crippen MR) is 102 cm³/mol. The van der Waals surface area contributed by atoms with Gasteiger partial charge in [0.05, 0.1) is 43.2 Å². The van der Waals surface area contributed by atoms with Gasteiger partial charge in [-0.2, -0.15) is 13.2 Å². The van der Waals surface area contributed by atoms with Gasteiger partial charge in [-0.25, -0.2) is 9.78 Å². The fourth-order valence-corrected chi connectivity index (χ4v) is 3.32. The number of aryl methyl sites for hydroxylation is 1. The summed E-state index contributed by atoms with van der Waals surface area (Å²) in [5.74, 6) is -2.76. The normalized spacial score (nSPS) is 17.4. The second kappa shape index (κ2) is 11.2. The van der Waals surface area contributed by atoms with Crippen molar-refractivity contribution in [2.75, 3.05) is 32.9 Å². The quantitative estimate of drug-likeness (QED) is 0.703. The summed E-state index contributed by atoms with van der Waals surface area (Å²) in [7, 11) is 0. The van der Waals surface area contributed by atoms with Crippen LogP contribution in [0.3, 0.4) is 0 Å². The molecule has 2 aromatic rings. The lowest BCUT2D eigenvalue weighted by atomic mass is 10.2. The van der Waals surface area contributed by atoms with Crippen molar-refractivity contribution < 1.29 is 32.5 Å². The third kappa shape index (κ3) is 8.09. The summed E-state index contributed by atoms with van der Waals surface area (Å²) in [6.45, 7) is 6.82. The number of rotatable bonds is 6. The van der Waals surface area contributed by atoms with Gasteiger partial charge in [0, 0.05) is 18.5 Å². The molecule has 1 aliphatic heterocycles. The van der Waals surface area contributed by atoms with E-state index in [1.54, 1.807) is 11.3 Å². The van der Waals surface area contributed by atoms with Crippen LogP contribution in [0.1, 0.15) is 22.3 Å². The predicted octanol–water partition coefficient (Wildman–Crippen LogP) is 3.67. The van der Waals surface area contributed by atoms with Crippen LogP contribution in [-0.2, 0) is 20.9 Å². The summed E-state index contributed by atoms with van der Waals surface area (Å²) >= 11 is 1.70. The van der Waals surface area contributed by atoms with E-state index in [1.165, 1.54) is 5.56 Å². The topological polar surface area (TPSA) is 71.9 Å². The molecule has 0 spiro atoms. The molecule has 10 heteroatoms. The minimum Gasteiger partial charge on any atom is -0.475 e. The van der Waals surface area contributed by atoms with Crippen LogP contribution in [0.25, 0.3) is 0 Å². The Balaban J connectivity index is 0.000000370. The van der Waals surface area contributed by atoms with E-state index in [-0.39, 0.29) is 6.04 Å². The molecule has 1 atom stereocenters. The Kier molecular flexibility index (Phi) is 9.02. The first-order chi connectivity index (χ1) is 13.8. The second-order valence-corrected chi connectivity index (χ2v) is 7.32. The van der Waals surface area contributed by atoms with E-state index in [4.69, 9.17) is 19.4 Å². The third-order valence-electron chi connectivity index (χ3n) is 4.09. The second-order valence-electron chi connectivity index (χ2n) is 6.26. The molecule has 1 aliphatic rings. The Labute approximate surface area is 170 Å². The van der Waals surface area contributed by atoms with Gasteiger partial charge in [0.2, 0.25) is 0 Å². The number of ether oxygens (including phenoxy) is 2. The highest BCUT2D eigenvalue weighted by molar-refractivity contribution is 7.09. The lowest BCUT2D eigenvalue weighted by Crippen LogP contribution is -2.41. The standard InChI is InChI=1S/C17H22N2O2S.C2HF3O2/c1-14-18-16(13-22-14)17-12-21-10-8-19(17)7-9-20-11-15-5-3-2-4-6-15;3-2(4,5)1(6)7/h2-6,13,17H,7-12H2,1H3;(H,6,7). The van der Waals surface area contributed by atoms with Gasteiger partial charge < -0.3 is 14.6 Å². The maximum Gasteiger partial charge on any atom is 0.490 e. The van der Waals surface area contributed by atoms with E-state index in [9.17, 15) is 13.2 Å². The largest absolute Gasteiger partial charge is 0.490 e. The molecule has 2 heterocycles. The van der Waals surface area contributed by atoms with Crippen LogP contribution >= 0.6 is 11.3 Å². The summed E-state index contributed by atoms with van der Waals surface area (Å²) in [5, 5.41) is 10.4. The third-order valence-corrected chi connectivity index (χ3v) is 4.89. The fraction of sp³-hybridized carbons (Fsp3) is 0.474. The first-order valence-corrected chi connectivity index (χ1v) is 9.81. The molecule has 160 valence electrons. The number of morpholine rings is 1. The molecule has 1 aromatic heterocycles. The number of aromatic nitrogens is 1. The van der Waals surface area contributed by atoms with Crippen molar-refractivity contribution in [2.24, 2.45) is 0 Å². The van der Waals surface area contributed by atoms with Crippen LogP contribution in [0.4, 0.5) is 13.2 Å². The molecule has 1 aromatic carbocycles. The summed E-state index contributed by atoms with van der Waals surface area (Å²) in [5.41, 5.74) is 2.35. The molecule has 6 nitrogen and oxygen atoms in total. The van der Waals surface area contributed by atoms with Gasteiger partial charge in [-0.15, -0.1) is 11.3 Å². The van der Waals surface area contributed by atoms with Gasteiger partial charge in [0.25, 0.3) is 0 Å². The van der Waals surface area contributed by atoms with E-state index < -0.39 is 12.1 Å². The van der Waals surface area contributed by atoms with Crippen molar-refractivity contribution in [3.8, 4) is 0 Å². The number of benzene rings is 1. The van der Waals surface area contributed by atoms with Gasteiger partial charge >= 0.3 is 12.1 Å². The fourth-order valence-electron chi connectivity index (χ4n) is 2.66. The molecule has 3 rings (SSSR count). The highest BCUT2D eigenvalue weighted by Crippen LogP contribution is 2.25. The Hall–Kier alpha value is -2.01. The van der Waals surface area contributed by atoms with E-state index in [1.807, 2.05) is 25.1 Å². The van der Waals surface area contributed by atoms with Crippen LogP contribution in [0.2, 0.25) is 0 Å². The molecule has 1 saturated heterocycles. The van der Waals surface area contributed by atoms with Gasteiger partial charge in [0.15, 0.2) is 0 Å². The number of aliphatic carboxylic acids is 1. The zero-order valence-electron chi connectivity index (χ0n) is 15.9. The SMILES string of the molecule is Cc1nc(C2COCCN2CCOCc2ccccc2)cs1.O=C(O)C(F)(F)F. The smallest absolute Gasteiger partial charge is 0.475 e. The first-order valence-electron chi connectivity index (χ1n) is 8.93. The zero-order chi connectivity index (χ0) is 21.3. The maximum absolute atomic E-state index is 10.6. The number of carbonyl (C=O) groups is 1. The van der Waals surface area contributed by atoms with E-state index >= 15 is 0 Å². The molecular formula is C19H23F3N2O4S. The van der Waals surface area contributed by atoms with E-state index in [2.05, 4.69) is 27.4 Å². The summed E-state index contributed by atoms with van der Waals surface area (Å²) in [6, 6.07) is 10.6. The summed E-state index contributed by atoms with van der Waals surface area (Å²) < 4.78 is 43.2. The number of carboxylic acids is 1. The van der Waals surface area contributed by atoms with E-state index in [0.717, 1.165) is 43.6 Å². The molecule has 1 N–H and O–H groups in total. The number of thiazole rings is 1. The highest BCUT2D eigenvalue weighted by atomic mass is 32.1. The molecule has 0 amide bonds. The average molecular weight is 432 g/mol. The highest BCUT2D eigenvalue weighted by Gasteiger charge is 2.38. The van der Waals surface area contributed by atoms with Gasteiger partial charge in [0.1, 0.15) is 0 Å². The Bertz CT molecular complexity index is 755.